The molecule has 0 spiro atoms. The van der Waals surface area contributed by atoms with Crippen molar-refractivity contribution in [3.63, 3.8) is 0 Å². The van der Waals surface area contributed by atoms with Gasteiger partial charge in [-0.05, 0) is 0 Å². The Labute approximate surface area is 106 Å². The molecule has 0 aromatic heterocycles. The summed E-state index contributed by atoms with van der Waals surface area (Å²) in [4.78, 5) is 5.74. The second kappa shape index (κ2) is 3.92. The Kier molecular flexibility index (Phi) is 2.58. The number of hydrogen-bond acceptors (Lipinski definition) is 2. The Bertz CT molecular complexity index is 523. The standard InChI is InChI=1S/C12H10GeS2/c13-8-4-3-7-11-12(8)15-10-6-2-1-5-9(10)14-11/h1-7H,13H3. The molecule has 3 heteroatoms. The minimum absolute atomic E-state index is 0.762. The average molecular weight is 291 g/mol. The van der Waals surface area contributed by atoms with Gasteiger partial charge in [-0.15, -0.1) is 0 Å². The van der Waals surface area contributed by atoms with Crippen LogP contribution in [0.2, 0.25) is 0 Å². The molecule has 1 aliphatic heterocycles. The molecule has 0 nitrogen and oxygen atoms in total. The van der Waals surface area contributed by atoms with Crippen LogP contribution in [-0.4, -0.2) is 16.5 Å². The van der Waals surface area contributed by atoms with Crippen molar-refractivity contribution >= 4 is 44.4 Å². The van der Waals surface area contributed by atoms with E-state index in [1.165, 1.54) is 19.6 Å². The first-order chi connectivity index (χ1) is 7.34. The van der Waals surface area contributed by atoms with E-state index in [-0.39, 0.29) is 0 Å². The normalized spacial score (nSPS) is 13.3. The Hall–Kier alpha value is -0.317. The van der Waals surface area contributed by atoms with E-state index >= 15 is 0 Å². The van der Waals surface area contributed by atoms with Crippen LogP contribution in [0, 0.1) is 0 Å². The summed E-state index contributed by atoms with van der Waals surface area (Å²) in [5.74, 6) is 0. The summed E-state index contributed by atoms with van der Waals surface area (Å²) >= 11 is 4.60. The first-order valence-corrected chi connectivity index (χ1v) is 8.62. The molecule has 0 unspecified atom stereocenters. The fourth-order valence-corrected chi connectivity index (χ4v) is 6.06. The van der Waals surface area contributed by atoms with Gasteiger partial charge in [-0.25, -0.2) is 0 Å². The van der Waals surface area contributed by atoms with Gasteiger partial charge in [0.1, 0.15) is 0 Å². The van der Waals surface area contributed by atoms with Crippen LogP contribution in [0.1, 0.15) is 0 Å². The molecule has 2 aromatic carbocycles. The van der Waals surface area contributed by atoms with Crippen LogP contribution in [0.15, 0.2) is 62.0 Å². The molecule has 1 aliphatic rings. The SMILES string of the molecule is [GeH3][c]1cccc2c1Sc1ccccc1S2. The van der Waals surface area contributed by atoms with Crippen molar-refractivity contribution in [2.24, 2.45) is 0 Å². The van der Waals surface area contributed by atoms with E-state index in [9.17, 15) is 0 Å². The maximum atomic E-state index is 2.26. The Morgan fingerprint density at radius 2 is 1.40 bits per heavy atom. The van der Waals surface area contributed by atoms with E-state index < -0.39 is 0 Å². The van der Waals surface area contributed by atoms with E-state index in [4.69, 9.17) is 0 Å². The van der Waals surface area contributed by atoms with Gasteiger partial charge in [-0.1, -0.05) is 0 Å². The second-order valence-corrected chi connectivity index (χ2v) is 7.95. The topological polar surface area (TPSA) is 0 Å². The summed E-state index contributed by atoms with van der Waals surface area (Å²) in [7, 11) is 0. The van der Waals surface area contributed by atoms with Crippen molar-refractivity contribution in [1.29, 1.82) is 0 Å². The molecular formula is C12H10GeS2. The van der Waals surface area contributed by atoms with Crippen molar-refractivity contribution in [3.8, 4) is 0 Å². The van der Waals surface area contributed by atoms with Gasteiger partial charge < -0.3 is 0 Å². The Balaban J connectivity index is 2.15. The van der Waals surface area contributed by atoms with Crippen LogP contribution < -0.4 is 4.40 Å². The van der Waals surface area contributed by atoms with Crippen molar-refractivity contribution in [2.45, 2.75) is 19.6 Å². The van der Waals surface area contributed by atoms with Gasteiger partial charge in [0.2, 0.25) is 0 Å². The summed E-state index contributed by atoms with van der Waals surface area (Å²) in [5, 5.41) is 0. The first kappa shape index (κ1) is 9.88. The molecule has 0 aliphatic carbocycles. The molecule has 74 valence electrons. The molecule has 1 heterocycles. The van der Waals surface area contributed by atoms with E-state index in [1.54, 1.807) is 4.40 Å². The molecular weight excluding hydrogens is 281 g/mol. The predicted molar refractivity (Wildman–Crippen MR) is 70.7 cm³/mol. The summed E-state index contributed by atoms with van der Waals surface area (Å²) in [5.41, 5.74) is 0. The summed E-state index contributed by atoms with van der Waals surface area (Å²) < 4.78 is 1.56. The number of fused-ring (bicyclic) bond motifs is 2. The molecule has 3 rings (SSSR count). The van der Waals surface area contributed by atoms with Crippen LogP contribution in [0.5, 0.6) is 0 Å². The first-order valence-electron chi connectivity index (χ1n) is 4.89. The van der Waals surface area contributed by atoms with Gasteiger partial charge in [0, 0.05) is 0 Å². The third-order valence-corrected chi connectivity index (χ3v) is 7.68. The average Bonchev–Trinajstić information content (AvgIpc) is 2.27. The van der Waals surface area contributed by atoms with Crippen LogP contribution in [0.25, 0.3) is 0 Å². The van der Waals surface area contributed by atoms with Gasteiger partial charge >= 0.3 is 106 Å². The van der Waals surface area contributed by atoms with E-state index in [2.05, 4.69) is 42.5 Å². The number of rotatable bonds is 0. The number of benzene rings is 2. The summed E-state index contributed by atoms with van der Waals surface area (Å²) in [6.45, 7) is 0. The monoisotopic (exact) mass is 292 g/mol. The zero-order valence-corrected chi connectivity index (χ0v) is 14.2. The summed E-state index contributed by atoms with van der Waals surface area (Å²) in [6, 6.07) is 15.3. The van der Waals surface area contributed by atoms with Crippen molar-refractivity contribution in [2.75, 3.05) is 0 Å². The zero-order valence-electron chi connectivity index (χ0n) is 8.36. The van der Waals surface area contributed by atoms with Gasteiger partial charge in [0.05, 0.1) is 0 Å². The Morgan fingerprint density at radius 1 is 0.733 bits per heavy atom. The predicted octanol–water partition coefficient (Wildman–Crippen LogP) is 2.29. The van der Waals surface area contributed by atoms with E-state index in [1.807, 2.05) is 23.5 Å². The fourth-order valence-electron chi connectivity index (χ4n) is 1.68. The molecule has 15 heavy (non-hydrogen) atoms. The molecule has 0 N–H and O–H groups in total. The van der Waals surface area contributed by atoms with Crippen LogP contribution in [0.4, 0.5) is 0 Å². The zero-order chi connectivity index (χ0) is 10.3. The molecule has 0 atom stereocenters. The molecule has 0 amide bonds. The maximum absolute atomic E-state index is 2.26. The van der Waals surface area contributed by atoms with Crippen molar-refractivity contribution < 1.29 is 0 Å². The number of hydrogen-bond donors (Lipinski definition) is 0. The van der Waals surface area contributed by atoms with Crippen LogP contribution in [0.3, 0.4) is 0 Å². The van der Waals surface area contributed by atoms with Crippen molar-refractivity contribution in [3.05, 3.63) is 42.5 Å². The molecule has 0 radical (unpaired) electrons. The van der Waals surface area contributed by atoms with Gasteiger partial charge in [0.15, 0.2) is 0 Å². The summed E-state index contributed by atoms with van der Waals surface area (Å²) in [6.07, 6.45) is 0. The minimum atomic E-state index is 0.762. The second-order valence-electron chi connectivity index (χ2n) is 3.55. The van der Waals surface area contributed by atoms with E-state index in [0.717, 1.165) is 16.5 Å². The molecule has 0 saturated heterocycles. The van der Waals surface area contributed by atoms with Gasteiger partial charge in [-0.3, -0.25) is 0 Å². The molecule has 0 saturated carbocycles. The molecule has 2 aromatic rings. The van der Waals surface area contributed by atoms with Gasteiger partial charge in [0.25, 0.3) is 0 Å². The van der Waals surface area contributed by atoms with Crippen molar-refractivity contribution in [1.82, 2.24) is 0 Å². The fraction of sp³-hybridized carbons (Fsp3) is 0. The Morgan fingerprint density at radius 3 is 2.20 bits per heavy atom. The van der Waals surface area contributed by atoms with Gasteiger partial charge in [-0.2, -0.15) is 0 Å². The molecule has 0 bridgehead atoms. The van der Waals surface area contributed by atoms with E-state index in [0.29, 0.717) is 0 Å². The third kappa shape index (κ3) is 1.75. The third-order valence-electron chi connectivity index (χ3n) is 2.46. The van der Waals surface area contributed by atoms with Crippen LogP contribution in [-0.2, 0) is 0 Å². The quantitative estimate of drug-likeness (QED) is 0.583. The van der Waals surface area contributed by atoms with Crippen LogP contribution >= 0.6 is 23.5 Å². The molecule has 0 fully saturated rings.